The molecule has 1 fully saturated rings. The number of anilines is 2. The Morgan fingerprint density at radius 3 is 2.47 bits per heavy atom. The first kappa shape index (κ1) is 31.4. The van der Waals surface area contributed by atoms with Crippen molar-refractivity contribution in [3.8, 4) is 0 Å². The minimum Gasteiger partial charge on any atom is -0.432 e. The van der Waals surface area contributed by atoms with Gasteiger partial charge in [0.1, 0.15) is 0 Å². The average Bonchev–Trinajstić information content (AvgIpc) is 3.75. The van der Waals surface area contributed by atoms with Gasteiger partial charge in [-0.05, 0) is 79.1 Å². The lowest BCUT2D eigenvalue weighted by Gasteiger charge is -2.30. The van der Waals surface area contributed by atoms with Gasteiger partial charge in [-0.3, -0.25) is 14.4 Å². The Morgan fingerprint density at radius 1 is 0.936 bits per heavy atom. The normalized spacial score (nSPS) is 21.6. The van der Waals surface area contributed by atoms with Crippen LogP contribution < -0.4 is 4.90 Å². The molecule has 0 spiro atoms. The summed E-state index contributed by atoms with van der Waals surface area (Å²) in [7, 11) is -2.54. The lowest BCUT2D eigenvalue weighted by Crippen LogP contribution is -2.40. The summed E-state index contributed by atoms with van der Waals surface area (Å²) in [5, 5.41) is 20.9. The van der Waals surface area contributed by atoms with E-state index in [2.05, 4.69) is 41.5 Å². The van der Waals surface area contributed by atoms with Crippen molar-refractivity contribution in [3.05, 3.63) is 120 Å². The summed E-state index contributed by atoms with van der Waals surface area (Å²) >= 11 is 0. The van der Waals surface area contributed by atoms with Crippen LogP contribution in [0.4, 0.5) is 11.4 Å². The van der Waals surface area contributed by atoms with Crippen LogP contribution in [0.1, 0.15) is 52.9 Å². The summed E-state index contributed by atoms with van der Waals surface area (Å²) in [6.45, 7) is 6.83. The summed E-state index contributed by atoms with van der Waals surface area (Å²) in [5.41, 5.74) is 5.55. The van der Waals surface area contributed by atoms with E-state index in [1.807, 2.05) is 95.6 Å². The number of aryl methyl sites for hydroxylation is 2. The number of aliphatic hydroxyl groups excluding tert-OH is 1. The van der Waals surface area contributed by atoms with Crippen molar-refractivity contribution in [1.82, 2.24) is 15.0 Å². The van der Waals surface area contributed by atoms with Gasteiger partial charge >= 0.3 is 0 Å². The third-order valence-corrected chi connectivity index (χ3v) is 12.6. The quantitative estimate of drug-likeness (QED) is 0.153. The van der Waals surface area contributed by atoms with Crippen LogP contribution in [0.15, 0.2) is 97.2 Å². The number of carbonyl (C=O) groups excluding carboxylic acids is 1. The van der Waals surface area contributed by atoms with E-state index >= 15 is 0 Å². The van der Waals surface area contributed by atoms with Gasteiger partial charge in [0.2, 0.25) is 0 Å². The molecule has 47 heavy (non-hydrogen) atoms. The molecule has 5 atom stereocenters. The van der Waals surface area contributed by atoms with Gasteiger partial charge in [0.25, 0.3) is 5.91 Å². The third-order valence-electron chi connectivity index (χ3n) is 10.1. The Morgan fingerprint density at radius 2 is 1.70 bits per heavy atom. The number of hydrogen-bond acceptors (Lipinski definition) is 6. The molecule has 0 bridgehead atoms. The number of amides is 1. The van der Waals surface area contributed by atoms with Gasteiger partial charge in [-0.2, -0.15) is 0 Å². The Hall–Kier alpha value is -4.15. The van der Waals surface area contributed by atoms with Crippen molar-refractivity contribution >= 4 is 36.4 Å². The zero-order chi connectivity index (χ0) is 32.7. The molecule has 1 aromatic heterocycles. The summed E-state index contributed by atoms with van der Waals surface area (Å²) < 4.78 is 8.57. The minimum atomic E-state index is -2.54. The van der Waals surface area contributed by atoms with Crippen molar-refractivity contribution in [1.29, 1.82) is 0 Å². The summed E-state index contributed by atoms with van der Waals surface area (Å²) in [6, 6.07) is 30.1. The highest BCUT2D eigenvalue weighted by Crippen LogP contribution is 2.46. The largest absolute Gasteiger partial charge is 0.432 e. The van der Waals surface area contributed by atoms with Crippen molar-refractivity contribution in [3.63, 3.8) is 0 Å². The number of hydrogen-bond donors (Lipinski definition) is 2. The van der Waals surface area contributed by atoms with E-state index in [-0.39, 0.29) is 42.1 Å². The minimum absolute atomic E-state index is 0.00830. The molecular weight excluding hydrogens is 605 g/mol. The molecule has 1 saturated heterocycles. The molecule has 3 heterocycles. The third kappa shape index (κ3) is 6.04. The number of rotatable bonds is 11. The van der Waals surface area contributed by atoms with Gasteiger partial charge in [-0.25, -0.2) is 0 Å². The maximum atomic E-state index is 13.5. The molecule has 5 aromatic rings. The van der Waals surface area contributed by atoms with Gasteiger partial charge in [-0.15, -0.1) is 5.10 Å². The SMILES string of the molecule is C[C@H]1[C@H]([Si](C)(C)O)[C@@H](CCn2cc(C(CO)c3ccccc3)nn2)O[C@H]1CCc1cccc(N2C(=O)c3cccc4cccc2c34)c1. The van der Waals surface area contributed by atoms with Gasteiger partial charge in [0.05, 0.1) is 41.7 Å². The monoisotopic (exact) mass is 646 g/mol. The van der Waals surface area contributed by atoms with E-state index in [9.17, 15) is 14.7 Å². The van der Waals surface area contributed by atoms with E-state index in [1.54, 1.807) is 0 Å². The molecule has 0 aliphatic carbocycles. The van der Waals surface area contributed by atoms with Gasteiger partial charge < -0.3 is 14.6 Å². The maximum absolute atomic E-state index is 13.5. The van der Waals surface area contributed by atoms with Crippen molar-refractivity contribution < 1.29 is 19.4 Å². The van der Waals surface area contributed by atoms with E-state index in [0.717, 1.165) is 63.8 Å². The number of aliphatic hydroxyl groups is 1. The fourth-order valence-corrected chi connectivity index (χ4v) is 10.6. The summed E-state index contributed by atoms with van der Waals surface area (Å²) in [5.74, 6) is -0.000960. The molecule has 2 aliphatic heterocycles. The van der Waals surface area contributed by atoms with E-state index in [4.69, 9.17) is 4.74 Å². The maximum Gasteiger partial charge on any atom is 0.263 e. The molecule has 0 saturated carbocycles. The Bertz CT molecular complexity index is 1880. The van der Waals surface area contributed by atoms with E-state index in [0.29, 0.717) is 6.54 Å². The van der Waals surface area contributed by atoms with Crippen LogP contribution in [0, 0.1) is 5.92 Å². The number of benzene rings is 4. The molecule has 1 amide bonds. The van der Waals surface area contributed by atoms with Crippen LogP contribution in [0.25, 0.3) is 10.8 Å². The van der Waals surface area contributed by atoms with Crippen molar-refractivity contribution in [2.45, 2.75) is 69.5 Å². The number of ether oxygens (including phenoxy) is 1. The average molecular weight is 647 g/mol. The van der Waals surface area contributed by atoms with Crippen LogP contribution in [-0.4, -0.2) is 57.9 Å². The first-order valence-corrected chi connectivity index (χ1v) is 19.6. The van der Waals surface area contributed by atoms with E-state index < -0.39 is 8.32 Å². The van der Waals surface area contributed by atoms with E-state index in [1.165, 1.54) is 0 Å². The molecule has 2 N–H and O–H groups in total. The first-order valence-electron chi connectivity index (χ1n) is 16.6. The first-order chi connectivity index (χ1) is 22.7. The molecular formula is C38H42N4O4Si. The van der Waals surface area contributed by atoms with Crippen LogP contribution in [0.2, 0.25) is 18.6 Å². The van der Waals surface area contributed by atoms with Crippen LogP contribution in [-0.2, 0) is 17.7 Å². The molecule has 0 radical (unpaired) electrons. The smallest absolute Gasteiger partial charge is 0.263 e. The predicted molar refractivity (Wildman–Crippen MR) is 186 cm³/mol. The lowest BCUT2D eigenvalue weighted by molar-refractivity contribution is 0.0245. The standard InChI is InChI=1S/C38H42N4O4Si/c1-25-34(19-18-26-10-7-15-29(22-26)42-33-17-9-14-28-13-8-16-30(36(28)33)38(42)44)46-35(37(25)47(2,3)45)20-21-41-23-32(39-40-41)31(24-43)27-11-5-4-6-12-27/h4-17,22-23,25,31,34-35,37,43,45H,18-21,24H2,1-3H3/t25-,31?,34+,35-,37+/m1/s1. The lowest BCUT2D eigenvalue weighted by atomic mass is 9.95. The predicted octanol–water partition coefficient (Wildman–Crippen LogP) is 6.84. The zero-order valence-electron chi connectivity index (χ0n) is 27.2. The topological polar surface area (TPSA) is 101 Å². The molecule has 2 aliphatic rings. The second kappa shape index (κ2) is 12.8. The molecule has 4 aromatic carbocycles. The Labute approximate surface area is 276 Å². The van der Waals surface area contributed by atoms with Crippen molar-refractivity contribution in [2.75, 3.05) is 11.5 Å². The number of carbonyl (C=O) groups is 1. The van der Waals surface area contributed by atoms with Crippen LogP contribution in [0.5, 0.6) is 0 Å². The Kier molecular flexibility index (Phi) is 8.57. The second-order valence-electron chi connectivity index (χ2n) is 13.6. The fraction of sp³-hybridized carbons (Fsp3) is 0.342. The van der Waals surface area contributed by atoms with Crippen LogP contribution >= 0.6 is 0 Å². The van der Waals surface area contributed by atoms with Gasteiger partial charge in [-0.1, -0.05) is 78.9 Å². The molecule has 1 unspecified atom stereocenters. The van der Waals surface area contributed by atoms with Crippen molar-refractivity contribution in [2.24, 2.45) is 5.92 Å². The van der Waals surface area contributed by atoms with Crippen LogP contribution in [0.3, 0.4) is 0 Å². The molecule has 7 rings (SSSR count). The highest BCUT2D eigenvalue weighted by Gasteiger charge is 2.49. The summed E-state index contributed by atoms with van der Waals surface area (Å²) in [6.07, 6.45) is 4.21. The van der Waals surface area contributed by atoms with Gasteiger partial charge in [0, 0.05) is 29.4 Å². The zero-order valence-corrected chi connectivity index (χ0v) is 28.2. The highest BCUT2D eigenvalue weighted by atomic mass is 28.4. The second-order valence-corrected chi connectivity index (χ2v) is 17.6. The molecule has 9 heteroatoms. The summed E-state index contributed by atoms with van der Waals surface area (Å²) in [4.78, 5) is 26.7. The van der Waals surface area contributed by atoms with Gasteiger partial charge in [0.15, 0.2) is 8.32 Å². The molecule has 8 nitrogen and oxygen atoms in total. The number of aromatic nitrogens is 3. The molecule has 242 valence electrons. The Balaban J connectivity index is 1.03. The highest BCUT2D eigenvalue weighted by molar-refractivity contribution is 6.71. The number of nitrogens with zero attached hydrogens (tertiary/aromatic N) is 4. The fourth-order valence-electron chi connectivity index (χ4n) is 7.91.